The van der Waals surface area contributed by atoms with E-state index in [2.05, 4.69) is 15.5 Å². The van der Waals surface area contributed by atoms with Crippen LogP contribution in [0.4, 0.5) is 17.1 Å². The average Bonchev–Trinajstić information content (AvgIpc) is 2.73. The molecule has 0 saturated carbocycles. The maximum atomic E-state index is 12.3. The van der Waals surface area contributed by atoms with Gasteiger partial charge in [0.05, 0.1) is 21.8 Å². The lowest BCUT2D eigenvalue weighted by molar-refractivity contribution is 0.0696. The number of benzene rings is 3. The Kier molecular flexibility index (Phi) is 6.23. The minimum Gasteiger partial charge on any atom is -0.478 e. The number of amides is 1. The van der Waals surface area contributed by atoms with Crippen molar-refractivity contribution in [2.24, 2.45) is 10.2 Å². The Bertz CT molecular complexity index is 1270. The summed E-state index contributed by atoms with van der Waals surface area (Å²) in [6.07, 6.45) is 0. The topological polar surface area (TPSA) is 145 Å². The molecule has 3 N–H and O–H groups in total. The summed E-state index contributed by atoms with van der Waals surface area (Å²) >= 11 is 0. The predicted octanol–water partition coefficient (Wildman–Crippen LogP) is 4.61. The number of aryl methyl sites for hydroxylation is 1. The van der Waals surface area contributed by atoms with E-state index in [4.69, 9.17) is 9.66 Å². The SMILES string of the molecule is Cc1cc(NC(=O)c2ccc(C(=O)O)cc2)ccc1N=Nc1ccc(S(=O)(=O)O)cc1. The van der Waals surface area contributed by atoms with Gasteiger partial charge >= 0.3 is 5.97 Å². The molecule has 3 aromatic carbocycles. The number of hydrogen-bond acceptors (Lipinski definition) is 6. The van der Waals surface area contributed by atoms with E-state index in [-0.39, 0.29) is 16.4 Å². The highest BCUT2D eigenvalue weighted by atomic mass is 32.2. The zero-order valence-corrected chi connectivity index (χ0v) is 17.0. The monoisotopic (exact) mass is 439 g/mol. The zero-order valence-electron chi connectivity index (χ0n) is 16.2. The third-order valence-corrected chi connectivity index (χ3v) is 5.12. The summed E-state index contributed by atoms with van der Waals surface area (Å²) < 4.78 is 31.1. The molecular weight excluding hydrogens is 422 g/mol. The van der Waals surface area contributed by atoms with Gasteiger partial charge in [0.15, 0.2) is 0 Å². The van der Waals surface area contributed by atoms with Crippen molar-refractivity contribution in [3.63, 3.8) is 0 Å². The first-order valence-electron chi connectivity index (χ1n) is 8.88. The van der Waals surface area contributed by atoms with Crippen LogP contribution in [0.5, 0.6) is 0 Å². The van der Waals surface area contributed by atoms with Gasteiger partial charge in [0.25, 0.3) is 16.0 Å². The second-order valence-corrected chi connectivity index (χ2v) is 7.93. The van der Waals surface area contributed by atoms with Crippen LogP contribution in [-0.2, 0) is 10.1 Å². The fraction of sp³-hybridized carbons (Fsp3) is 0.0476. The summed E-state index contributed by atoms with van der Waals surface area (Å²) in [5, 5.41) is 19.8. The lowest BCUT2D eigenvalue weighted by Crippen LogP contribution is -2.12. The van der Waals surface area contributed by atoms with Crippen LogP contribution in [0.15, 0.2) is 81.9 Å². The highest BCUT2D eigenvalue weighted by molar-refractivity contribution is 7.85. The Hall–Kier alpha value is -3.89. The summed E-state index contributed by atoms with van der Waals surface area (Å²) in [5.41, 5.74) is 2.62. The third kappa shape index (κ3) is 5.59. The molecule has 0 saturated heterocycles. The fourth-order valence-electron chi connectivity index (χ4n) is 2.61. The van der Waals surface area contributed by atoms with Crippen molar-refractivity contribution < 1.29 is 27.7 Å². The molecule has 3 rings (SSSR count). The largest absolute Gasteiger partial charge is 0.478 e. The molecule has 10 heteroatoms. The number of carbonyl (C=O) groups is 2. The Morgan fingerprint density at radius 3 is 2.03 bits per heavy atom. The first-order valence-corrected chi connectivity index (χ1v) is 10.3. The molecule has 0 aliphatic rings. The van der Waals surface area contributed by atoms with Crippen molar-refractivity contribution in [1.29, 1.82) is 0 Å². The van der Waals surface area contributed by atoms with E-state index in [1.165, 1.54) is 48.5 Å². The Labute approximate surface area is 177 Å². The highest BCUT2D eigenvalue weighted by Gasteiger charge is 2.10. The van der Waals surface area contributed by atoms with Crippen LogP contribution in [-0.4, -0.2) is 30.0 Å². The van der Waals surface area contributed by atoms with E-state index < -0.39 is 16.1 Å². The standard InChI is InChI=1S/C21H17N3O6S/c1-13-12-17(22-20(25)14-2-4-15(5-3-14)21(26)27)8-11-19(13)24-23-16-6-9-18(10-7-16)31(28,29)30/h2-12H,1H3,(H,22,25)(H,26,27)(H,28,29,30). The molecule has 0 bridgehead atoms. The van der Waals surface area contributed by atoms with E-state index in [1.807, 2.05) is 0 Å². The van der Waals surface area contributed by atoms with Crippen LogP contribution in [0.3, 0.4) is 0 Å². The van der Waals surface area contributed by atoms with Crippen LogP contribution in [0.1, 0.15) is 26.3 Å². The van der Waals surface area contributed by atoms with E-state index >= 15 is 0 Å². The molecule has 1 amide bonds. The molecule has 9 nitrogen and oxygen atoms in total. The number of nitrogens with one attached hydrogen (secondary N) is 1. The molecule has 0 spiro atoms. The van der Waals surface area contributed by atoms with Gasteiger partial charge in [0.2, 0.25) is 0 Å². The van der Waals surface area contributed by atoms with E-state index in [0.29, 0.717) is 22.6 Å². The van der Waals surface area contributed by atoms with E-state index in [9.17, 15) is 18.0 Å². The van der Waals surface area contributed by atoms with Gasteiger partial charge in [0.1, 0.15) is 0 Å². The predicted molar refractivity (Wildman–Crippen MR) is 113 cm³/mol. The van der Waals surface area contributed by atoms with Gasteiger partial charge in [0, 0.05) is 11.3 Å². The number of carboxylic acid groups (broad SMARTS) is 1. The van der Waals surface area contributed by atoms with Gasteiger partial charge in [-0.3, -0.25) is 9.35 Å². The fourth-order valence-corrected chi connectivity index (χ4v) is 3.09. The van der Waals surface area contributed by atoms with E-state index in [1.54, 1.807) is 25.1 Å². The number of anilines is 1. The number of azo groups is 1. The van der Waals surface area contributed by atoms with Gasteiger partial charge < -0.3 is 10.4 Å². The van der Waals surface area contributed by atoms with Crippen LogP contribution in [0.2, 0.25) is 0 Å². The van der Waals surface area contributed by atoms with Gasteiger partial charge in [-0.25, -0.2) is 4.79 Å². The Balaban J connectivity index is 1.70. The second kappa shape index (κ2) is 8.86. The summed E-state index contributed by atoms with van der Waals surface area (Å²) in [7, 11) is -4.27. The lowest BCUT2D eigenvalue weighted by Gasteiger charge is -2.08. The third-order valence-electron chi connectivity index (χ3n) is 4.26. The molecule has 0 unspecified atom stereocenters. The molecule has 3 aromatic rings. The number of nitrogens with zero attached hydrogens (tertiary/aromatic N) is 2. The molecule has 0 atom stereocenters. The molecular formula is C21H17N3O6S. The summed E-state index contributed by atoms with van der Waals surface area (Å²) in [6, 6.07) is 15.8. The molecule has 0 heterocycles. The minimum absolute atomic E-state index is 0.0923. The van der Waals surface area contributed by atoms with Crippen molar-refractivity contribution in [3.05, 3.63) is 83.4 Å². The van der Waals surface area contributed by atoms with Crippen LogP contribution in [0.25, 0.3) is 0 Å². The van der Waals surface area contributed by atoms with Gasteiger partial charge in [-0.05, 0) is 79.2 Å². The Morgan fingerprint density at radius 2 is 1.48 bits per heavy atom. The number of rotatable bonds is 6. The molecule has 0 aromatic heterocycles. The van der Waals surface area contributed by atoms with Crippen molar-refractivity contribution in [2.75, 3.05) is 5.32 Å². The molecule has 0 aliphatic heterocycles. The van der Waals surface area contributed by atoms with E-state index in [0.717, 1.165) is 5.56 Å². The van der Waals surface area contributed by atoms with Crippen LogP contribution >= 0.6 is 0 Å². The first-order chi connectivity index (χ1) is 14.6. The average molecular weight is 439 g/mol. The number of carboxylic acids is 1. The van der Waals surface area contributed by atoms with Crippen molar-refractivity contribution in [2.45, 2.75) is 11.8 Å². The lowest BCUT2D eigenvalue weighted by atomic mass is 10.1. The number of carbonyl (C=O) groups excluding carboxylic acids is 1. The van der Waals surface area contributed by atoms with Crippen LogP contribution < -0.4 is 5.32 Å². The molecule has 0 aliphatic carbocycles. The van der Waals surface area contributed by atoms with Crippen LogP contribution in [0, 0.1) is 6.92 Å². The number of hydrogen-bond donors (Lipinski definition) is 3. The summed E-state index contributed by atoms with van der Waals surface area (Å²) in [6.45, 7) is 1.78. The maximum absolute atomic E-state index is 12.3. The summed E-state index contributed by atoms with van der Waals surface area (Å²) in [4.78, 5) is 23.0. The Morgan fingerprint density at radius 1 is 0.871 bits per heavy atom. The molecule has 31 heavy (non-hydrogen) atoms. The van der Waals surface area contributed by atoms with Gasteiger partial charge in [-0.15, -0.1) is 0 Å². The van der Waals surface area contributed by atoms with Gasteiger partial charge in [-0.2, -0.15) is 18.6 Å². The normalized spacial score (nSPS) is 11.4. The molecule has 0 fully saturated rings. The smallest absolute Gasteiger partial charge is 0.335 e. The van der Waals surface area contributed by atoms with Crippen molar-refractivity contribution in [1.82, 2.24) is 0 Å². The second-order valence-electron chi connectivity index (χ2n) is 6.51. The molecule has 0 radical (unpaired) electrons. The van der Waals surface area contributed by atoms with Gasteiger partial charge in [-0.1, -0.05) is 0 Å². The number of aromatic carboxylic acids is 1. The van der Waals surface area contributed by atoms with Crippen molar-refractivity contribution >= 4 is 39.1 Å². The van der Waals surface area contributed by atoms with Crippen molar-refractivity contribution in [3.8, 4) is 0 Å². The minimum atomic E-state index is -4.27. The maximum Gasteiger partial charge on any atom is 0.335 e. The molecule has 158 valence electrons. The quantitative estimate of drug-likeness (QED) is 0.378. The summed E-state index contributed by atoms with van der Waals surface area (Å²) in [5.74, 6) is -1.45. The zero-order chi connectivity index (χ0) is 22.6. The first kappa shape index (κ1) is 21.8. The highest BCUT2D eigenvalue weighted by Crippen LogP contribution is 2.25.